The minimum atomic E-state index is -6.02. The molecule has 176 valence electrons. The number of carbonyl (C=O) groups is 2. The number of ether oxygens (including phenoxy) is 2. The lowest BCUT2D eigenvalue weighted by Gasteiger charge is -2.31. The summed E-state index contributed by atoms with van der Waals surface area (Å²) in [6, 6.07) is 4.92. The minimum Gasteiger partial charge on any atom is -0.463 e. The molecule has 0 unspecified atom stereocenters. The molecule has 0 radical (unpaired) electrons. The van der Waals surface area contributed by atoms with Gasteiger partial charge in [0.05, 0.1) is 30.3 Å². The number of esters is 2. The summed E-state index contributed by atoms with van der Waals surface area (Å²) in [5, 5.41) is 2.87. The van der Waals surface area contributed by atoms with E-state index in [1.807, 2.05) is 0 Å². The molecule has 8 nitrogen and oxygen atoms in total. The molecule has 0 aromatic heterocycles. The van der Waals surface area contributed by atoms with Gasteiger partial charge in [-0.25, -0.2) is 9.59 Å². The van der Waals surface area contributed by atoms with Gasteiger partial charge in [-0.15, -0.1) is 0 Å². The van der Waals surface area contributed by atoms with Gasteiger partial charge in [-0.2, -0.15) is 21.6 Å². The van der Waals surface area contributed by atoms with Gasteiger partial charge >= 0.3 is 27.6 Å². The summed E-state index contributed by atoms with van der Waals surface area (Å²) in [5.41, 5.74) is -5.49. The van der Waals surface area contributed by atoms with Crippen LogP contribution in [0.4, 0.5) is 13.2 Å². The van der Waals surface area contributed by atoms with E-state index in [0.717, 1.165) is 6.07 Å². The molecule has 0 atom stereocenters. The Labute approximate surface area is 183 Å². The van der Waals surface area contributed by atoms with Crippen molar-refractivity contribution in [3.05, 3.63) is 52.4 Å². The normalized spacial score (nSPS) is 15.3. The first kappa shape index (κ1) is 25.2. The highest BCUT2D eigenvalue weighted by Gasteiger charge is 2.49. The van der Waals surface area contributed by atoms with Gasteiger partial charge in [0, 0.05) is 17.0 Å². The zero-order valence-electron chi connectivity index (χ0n) is 17.7. The number of benzene rings is 1. The van der Waals surface area contributed by atoms with E-state index < -0.39 is 39.2 Å². The Kier molecular flexibility index (Phi) is 7.60. The first-order valence-electron chi connectivity index (χ1n) is 9.48. The number of para-hydroxylation sites is 1. The zero-order chi connectivity index (χ0) is 24.3. The molecule has 1 N–H and O–H groups in total. The summed E-state index contributed by atoms with van der Waals surface area (Å²) >= 11 is 0. The van der Waals surface area contributed by atoms with Gasteiger partial charge in [0.2, 0.25) is 0 Å². The second-order valence-electron chi connectivity index (χ2n) is 6.60. The average molecular weight is 477 g/mol. The van der Waals surface area contributed by atoms with Crippen molar-refractivity contribution < 1.29 is 44.8 Å². The van der Waals surface area contributed by atoms with Crippen molar-refractivity contribution >= 4 is 22.1 Å². The molecule has 1 heterocycles. The molecule has 0 fully saturated rings. The molecule has 1 aromatic rings. The number of alkyl halides is 3. The van der Waals surface area contributed by atoms with Crippen LogP contribution >= 0.6 is 0 Å². The van der Waals surface area contributed by atoms with Crippen LogP contribution < -0.4 is 9.50 Å². The number of carbonyl (C=O) groups excluding carboxylic acids is 2. The summed E-state index contributed by atoms with van der Waals surface area (Å²) in [6.45, 7) is 6.11. The van der Waals surface area contributed by atoms with Crippen molar-refractivity contribution in [1.29, 1.82) is 0 Å². The maximum absolute atomic E-state index is 12.9. The fourth-order valence-electron chi connectivity index (χ4n) is 3.22. The van der Waals surface area contributed by atoms with E-state index in [-0.39, 0.29) is 41.3 Å². The SMILES string of the molecule is CCOC(=O)C1=C(C)NC(C)=C(C(=O)OCC)C1c1ccccc1OS(=O)(=O)C(F)(F)F. The smallest absolute Gasteiger partial charge is 0.463 e. The van der Waals surface area contributed by atoms with Crippen molar-refractivity contribution in [2.45, 2.75) is 39.1 Å². The molecule has 2 rings (SSSR count). The van der Waals surface area contributed by atoms with Gasteiger partial charge in [-0.05, 0) is 33.8 Å². The second kappa shape index (κ2) is 9.63. The topological polar surface area (TPSA) is 108 Å². The van der Waals surface area contributed by atoms with Gasteiger partial charge in [-0.1, -0.05) is 18.2 Å². The zero-order valence-corrected chi connectivity index (χ0v) is 18.5. The number of allylic oxidation sites excluding steroid dienone is 2. The molecule has 0 saturated carbocycles. The highest BCUT2D eigenvalue weighted by Crippen LogP contribution is 2.43. The Morgan fingerprint density at radius 3 is 1.88 bits per heavy atom. The molecule has 0 aliphatic carbocycles. The quantitative estimate of drug-likeness (QED) is 0.362. The first-order chi connectivity index (χ1) is 14.9. The van der Waals surface area contributed by atoms with Gasteiger partial charge < -0.3 is 19.0 Å². The molecule has 12 heteroatoms. The number of rotatable bonds is 7. The van der Waals surface area contributed by atoms with Gasteiger partial charge in [-0.3, -0.25) is 0 Å². The Morgan fingerprint density at radius 2 is 1.44 bits per heavy atom. The molecular weight excluding hydrogens is 455 g/mol. The minimum absolute atomic E-state index is 0.0135. The number of halogens is 3. The fourth-order valence-corrected chi connectivity index (χ4v) is 3.71. The van der Waals surface area contributed by atoms with Gasteiger partial charge in [0.25, 0.3) is 0 Å². The van der Waals surface area contributed by atoms with Crippen LogP contribution in [-0.4, -0.2) is 39.1 Å². The van der Waals surface area contributed by atoms with Gasteiger partial charge in [0.1, 0.15) is 5.75 Å². The number of hydrogen-bond donors (Lipinski definition) is 1. The predicted octanol–water partition coefficient (Wildman–Crippen LogP) is 3.28. The van der Waals surface area contributed by atoms with E-state index in [1.54, 1.807) is 13.8 Å². The van der Waals surface area contributed by atoms with E-state index in [0.29, 0.717) is 0 Å². The lowest BCUT2D eigenvalue weighted by molar-refractivity contribution is -0.139. The monoisotopic (exact) mass is 477 g/mol. The molecule has 32 heavy (non-hydrogen) atoms. The van der Waals surface area contributed by atoms with Crippen LogP contribution in [0.5, 0.6) is 5.75 Å². The standard InChI is InChI=1S/C20H22F3NO7S/c1-5-29-18(25)15-11(3)24-12(4)16(19(26)30-6-2)17(15)13-9-7-8-10-14(13)31-32(27,28)20(21,22)23/h7-10,17,24H,5-6H2,1-4H3. The third kappa shape index (κ3) is 5.06. The van der Waals surface area contributed by atoms with Crippen LogP contribution in [-0.2, 0) is 29.2 Å². The van der Waals surface area contributed by atoms with E-state index in [1.165, 1.54) is 32.0 Å². The number of dihydropyridines is 1. The highest BCUT2D eigenvalue weighted by atomic mass is 32.2. The number of hydrogen-bond acceptors (Lipinski definition) is 8. The van der Waals surface area contributed by atoms with E-state index in [4.69, 9.17) is 9.47 Å². The molecular formula is C20H22F3NO7S. The molecule has 1 aliphatic heterocycles. The molecule has 0 bridgehead atoms. The first-order valence-corrected chi connectivity index (χ1v) is 10.9. The van der Waals surface area contributed by atoms with Gasteiger partial charge in [0.15, 0.2) is 0 Å². The van der Waals surface area contributed by atoms with Crippen LogP contribution in [0.15, 0.2) is 46.8 Å². The molecule has 0 amide bonds. The van der Waals surface area contributed by atoms with Crippen molar-refractivity contribution in [1.82, 2.24) is 5.32 Å². The third-order valence-electron chi connectivity index (χ3n) is 4.46. The van der Waals surface area contributed by atoms with Crippen molar-refractivity contribution in [3.63, 3.8) is 0 Å². The summed E-state index contributed by atoms with van der Waals surface area (Å²) in [6.07, 6.45) is 0. The Bertz CT molecular complexity index is 1030. The van der Waals surface area contributed by atoms with Crippen LogP contribution in [0.25, 0.3) is 0 Å². The fraction of sp³-hybridized carbons (Fsp3) is 0.400. The molecule has 0 spiro atoms. The molecule has 1 aromatic carbocycles. The van der Waals surface area contributed by atoms with Crippen LogP contribution in [0.2, 0.25) is 0 Å². The Morgan fingerprint density at radius 1 is 0.969 bits per heavy atom. The van der Waals surface area contributed by atoms with E-state index >= 15 is 0 Å². The Balaban J connectivity index is 2.77. The van der Waals surface area contributed by atoms with Crippen molar-refractivity contribution in [2.75, 3.05) is 13.2 Å². The maximum Gasteiger partial charge on any atom is 0.534 e. The number of nitrogens with one attached hydrogen (secondary N) is 1. The summed E-state index contributed by atoms with van der Waals surface area (Å²) in [7, 11) is -6.02. The Hall–Kier alpha value is -3.02. The largest absolute Gasteiger partial charge is 0.534 e. The van der Waals surface area contributed by atoms with Crippen LogP contribution in [0.3, 0.4) is 0 Å². The average Bonchev–Trinajstić information content (AvgIpc) is 2.67. The molecule has 1 aliphatic rings. The van der Waals surface area contributed by atoms with Crippen LogP contribution in [0.1, 0.15) is 39.2 Å². The van der Waals surface area contributed by atoms with Crippen molar-refractivity contribution in [2.24, 2.45) is 0 Å². The second-order valence-corrected chi connectivity index (χ2v) is 8.14. The van der Waals surface area contributed by atoms with E-state index in [2.05, 4.69) is 9.50 Å². The summed E-state index contributed by atoms with van der Waals surface area (Å²) < 4.78 is 76.6. The summed E-state index contributed by atoms with van der Waals surface area (Å²) in [5.74, 6) is -3.69. The van der Waals surface area contributed by atoms with E-state index in [9.17, 15) is 31.2 Å². The maximum atomic E-state index is 12.9. The third-order valence-corrected chi connectivity index (χ3v) is 5.43. The highest BCUT2D eigenvalue weighted by molar-refractivity contribution is 7.88. The lowest BCUT2D eigenvalue weighted by Crippen LogP contribution is -2.33. The van der Waals surface area contributed by atoms with Crippen LogP contribution in [0, 0.1) is 0 Å². The summed E-state index contributed by atoms with van der Waals surface area (Å²) in [4.78, 5) is 25.5. The lowest BCUT2D eigenvalue weighted by atomic mass is 9.80. The molecule has 0 saturated heterocycles. The van der Waals surface area contributed by atoms with Crippen molar-refractivity contribution in [3.8, 4) is 5.75 Å². The predicted molar refractivity (Wildman–Crippen MR) is 107 cm³/mol.